The number of halogens is 3. The molecule has 0 saturated heterocycles. The van der Waals surface area contributed by atoms with Gasteiger partial charge in [0.2, 0.25) is 0 Å². The maximum absolute atomic E-state index is 13.7. The minimum Gasteiger partial charge on any atom is -0.493 e. The third kappa shape index (κ3) is 3.64. The van der Waals surface area contributed by atoms with Crippen molar-refractivity contribution < 1.29 is 13.9 Å². The molecule has 0 N–H and O–H groups in total. The number of rotatable bonds is 5. The summed E-state index contributed by atoms with van der Waals surface area (Å²) in [6, 6.07) is 10.3. The molecular formula is C15H13BrClFO2. The zero-order valence-electron chi connectivity index (χ0n) is 10.8. The van der Waals surface area contributed by atoms with Crippen LogP contribution >= 0.6 is 27.5 Å². The van der Waals surface area contributed by atoms with Crippen LogP contribution in [0.5, 0.6) is 11.5 Å². The summed E-state index contributed by atoms with van der Waals surface area (Å²) < 4.78 is 25.3. The van der Waals surface area contributed by atoms with E-state index in [4.69, 9.17) is 21.1 Å². The lowest BCUT2D eigenvalue weighted by atomic mass is 10.2. The van der Waals surface area contributed by atoms with Crippen molar-refractivity contribution >= 4 is 27.5 Å². The number of benzene rings is 2. The second kappa shape index (κ2) is 6.95. The van der Waals surface area contributed by atoms with E-state index in [-0.39, 0.29) is 12.4 Å². The quantitative estimate of drug-likeness (QED) is 0.706. The highest BCUT2D eigenvalue weighted by Gasteiger charge is 2.08. The van der Waals surface area contributed by atoms with Crippen molar-refractivity contribution in [2.75, 3.05) is 7.11 Å². The predicted octanol–water partition coefficient (Wildman–Crippen LogP) is 4.91. The van der Waals surface area contributed by atoms with Gasteiger partial charge in [-0.25, -0.2) is 4.39 Å². The summed E-state index contributed by atoms with van der Waals surface area (Å²) in [5, 5.41) is 0. The topological polar surface area (TPSA) is 18.5 Å². The van der Waals surface area contributed by atoms with Gasteiger partial charge in [0, 0.05) is 15.9 Å². The van der Waals surface area contributed by atoms with Crippen molar-refractivity contribution in [2.45, 2.75) is 12.5 Å². The van der Waals surface area contributed by atoms with Crippen LogP contribution in [-0.4, -0.2) is 7.11 Å². The maximum atomic E-state index is 13.7. The van der Waals surface area contributed by atoms with Gasteiger partial charge in [0.05, 0.1) is 7.11 Å². The van der Waals surface area contributed by atoms with Crippen LogP contribution in [0, 0.1) is 5.82 Å². The molecule has 0 bridgehead atoms. The first-order valence-corrected chi connectivity index (χ1v) is 7.26. The fraction of sp³-hybridized carbons (Fsp3) is 0.200. The molecule has 2 aromatic rings. The Balaban J connectivity index is 2.17. The van der Waals surface area contributed by atoms with Gasteiger partial charge in [-0.15, -0.1) is 11.6 Å². The van der Waals surface area contributed by atoms with Gasteiger partial charge in [-0.3, -0.25) is 0 Å². The average Bonchev–Trinajstić information content (AvgIpc) is 2.46. The Morgan fingerprint density at radius 2 is 1.95 bits per heavy atom. The second-order valence-corrected chi connectivity index (χ2v) is 5.33. The van der Waals surface area contributed by atoms with E-state index in [0.717, 1.165) is 5.56 Å². The van der Waals surface area contributed by atoms with Crippen molar-refractivity contribution in [1.29, 1.82) is 0 Å². The summed E-state index contributed by atoms with van der Waals surface area (Å²) in [6.45, 7) is 0.126. The van der Waals surface area contributed by atoms with Crippen LogP contribution in [0.15, 0.2) is 40.9 Å². The zero-order valence-corrected chi connectivity index (χ0v) is 13.2. The minimum atomic E-state index is -0.313. The standard InChI is InChI=1S/C15H13BrClFO2/c1-19-14-5-2-10(8-17)6-15(14)20-9-11-3-4-12(16)7-13(11)18/h2-7H,8-9H2,1H3. The van der Waals surface area contributed by atoms with Crippen molar-refractivity contribution in [2.24, 2.45) is 0 Å². The highest BCUT2D eigenvalue weighted by molar-refractivity contribution is 9.10. The molecule has 0 aromatic heterocycles. The molecule has 0 fully saturated rings. The highest BCUT2D eigenvalue weighted by atomic mass is 79.9. The van der Waals surface area contributed by atoms with E-state index in [1.807, 2.05) is 6.07 Å². The predicted molar refractivity (Wildman–Crippen MR) is 81.0 cm³/mol. The summed E-state index contributed by atoms with van der Waals surface area (Å²) in [6.07, 6.45) is 0. The van der Waals surface area contributed by atoms with E-state index in [9.17, 15) is 4.39 Å². The number of hydrogen-bond acceptors (Lipinski definition) is 2. The third-order valence-corrected chi connectivity index (χ3v) is 3.58. The molecule has 2 rings (SSSR count). The molecule has 5 heteroatoms. The van der Waals surface area contributed by atoms with E-state index in [0.29, 0.717) is 27.4 Å². The minimum absolute atomic E-state index is 0.126. The Kier molecular flexibility index (Phi) is 5.26. The van der Waals surface area contributed by atoms with Crippen molar-refractivity contribution in [3.05, 3.63) is 57.8 Å². The number of ether oxygens (including phenoxy) is 2. The Morgan fingerprint density at radius 1 is 1.15 bits per heavy atom. The lowest BCUT2D eigenvalue weighted by Crippen LogP contribution is -2.00. The Labute approximate surface area is 130 Å². The summed E-state index contributed by atoms with van der Waals surface area (Å²) in [5.74, 6) is 1.21. The van der Waals surface area contributed by atoms with Gasteiger partial charge in [0.15, 0.2) is 11.5 Å². The van der Waals surface area contributed by atoms with Gasteiger partial charge in [0.25, 0.3) is 0 Å². The molecule has 0 unspecified atom stereocenters. The zero-order chi connectivity index (χ0) is 14.5. The van der Waals surface area contributed by atoms with Crippen molar-refractivity contribution in [3.63, 3.8) is 0 Å². The molecule has 0 radical (unpaired) electrons. The normalized spacial score (nSPS) is 10.4. The lowest BCUT2D eigenvalue weighted by molar-refractivity contribution is 0.279. The van der Waals surface area contributed by atoms with Gasteiger partial charge in [-0.2, -0.15) is 0 Å². The summed E-state index contributed by atoms with van der Waals surface area (Å²) in [5.41, 5.74) is 1.39. The first kappa shape index (κ1) is 15.1. The van der Waals surface area contributed by atoms with E-state index in [1.165, 1.54) is 6.07 Å². The molecule has 2 aromatic carbocycles. The van der Waals surface area contributed by atoms with E-state index >= 15 is 0 Å². The summed E-state index contributed by atoms with van der Waals surface area (Å²) in [4.78, 5) is 0. The number of methoxy groups -OCH3 is 1. The van der Waals surface area contributed by atoms with Crippen LogP contribution in [0.4, 0.5) is 4.39 Å². The molecular weight excluding hydrogens is 347 g/mol. The molecule has 0 aliphatic carbocycles. The molecule has 0 amide bonds. The molecule has 0 aliphatic heterocycles. The van der Waals surface area contributed by atoms with Gasteiger partial charge in [-0.1, -0.05) is 28.1 Å². The fourth-order valence-electron chi connectivity index (χ4n) is 1.71. The van der Waals surface area contributed by atoms with E-state index in [2.05, 4.69) is 15.9 Å². The van der Waals surface area contributed by atoms with Crippen LogP contribution in [0.1, 0.15) is 11.1 Å². The molecule has 2 nitrogen and oxygen atoms in total. The first-order valence-electron chi connectivity index (χ1n) is 5.93. The van der Waals surface area contributed by atoms with Crippen LogP contribution in [0.3, 0.4) is 0 Å². The van der Waals surface area contributed by atoms with Crippen LogP contribution in [0.2, 0.25) is 0 Å². The molecule has 0 aliphatic rings. The van der Waals surface area contributed by atoms with Crippen LogP contribution < -0.4 is 9.47 Å². The summed E-state index contributed by atoms with van der Waals surface area (Å²) >= 11 is 9.01. The average molecular weight is 360 g/mol. The third-order valence-electron chi connectivity index (χ3n) is 2.78. The Morgan fingerprint density at radius 3 is 2.60 bits per heavy atom. The van der Waals surface area contributed by atoms with E-state index in [1.54, 1.807) is 31.4 Å². The van der Waals surface area contributed by atoms with Crippen LogP contribution in [-0.2, 0) is 12.5 Å². The molecule has 0 heterocycles. The number of alkyl halides is 1. The molecule has 0 spiro atoms. The number of hydrogen-bond donors (Lipinski definition) is 0. The first-order chi connectivity index (χ1) is 9.63. The SMILES string of the molecule is COc1ccc(CCl)cc1OCc1ccc(Br)cc1F. The van der Waals surface area contributed by atoms with Crippen LogP contribution in [0.25, 0.3) is 0 Å². The van der Waals surface area contributed by atoms with Gasteiger partial charge >= 0.3 is 0 Å². The largest absolute Gasteiger partial charge is 0.493 e. The molecule has 106 valence electrons. The van der Waals surface area contributed by atoms with E-state index < -0.39 is 0 Å². The molecule has 0 saturated carbocycles. The molecule has 0 atom stereocenters. The summed E-state index contributed by atoms with van der Waals surface area (Å²) in [7, 11) is 1.56. The monoisotopic (exact) mass is 358 g/mol. The molecule has 20 heavy (non-hydrogen) atoms. The van der Waals surface area contributed by atoms with Gasteiger partial charge in [-0.05, 0) is 29.8 Å². The second-order valence-electron chi connectivity index (χ2n) is 4.14. The fourth-order valence-corrected chi connectivity index (χ4v) is 2.21. The highest BCUT2D eigenvalue weighted by Crippen LogP contribution is 2.29. The smallest absolute Gasteiger partial charge is 0.161 e. The Bertz CT molecular complexity index is 604. The van der Waals surface area contributed by atoms with Gasteiger partial charge < -0.3 is 9.47 Å². The van der Waals surface area contributed by atoms with Gasteiger partial charge in [0.1, 0.15) is 12.4 Å². The maximum Gasteiger partial charge on any atom is 0.161 e. The van der Waals surface area contributed by atoms with Crippen molar-refractivity contribution in [3.8, 4) is 11.5 Å². The Hall–Kier alpha value is -1.26. The lowest BCUT2D eigenvalue weighted by Gasteiger charge is -2.12. The van der Waals surface area contributed by atoms with Crippen molar-refractivity contribution in [1.82, 2.24) is 0 Å².